The number of hydrogen-bond donors (Lipinski definition) is 2. The number of nitrogens with two attached hydrogens (primary N) is 1. The largest absolute Gasteiger partial charge is 0.481 e. The summed E-state index contributed by atoms with van der Waals surface area (Å²) < 4.78 is 0. The maximum atomic E-state index is 10.7. The Morgan fingerprint density at radius 1 is 1.64 bits per heavy atom. The molecule has 82 valence electrons. The minimum Gasteiger partial charge on any atom is -0.481 e. The lowest BCUT2D eigenvalue weighted by molar-refractivity contribution is -0.139. The summed E-state index contributed by atoms with van der Waals surface area (Å²) in [7, 11) is 0. The minimum absolute atomic E-state index is 0.110. The SMILES string of the molecule is CC(C)C1CC[C@@](CN)(CC(=O)O)C1. The summed E-state index contributed by atoms with van der Waals surface area (Å²) in [4.78, 5) is 10.7. The van der Waals surface area contributed by atoms with E-state index in [1.807, 2.05) is 0 Å². The van der Waals surface area contributed by atoms with Gasteiger partial charge in [0.05, 0.1) is 6.42 Å². The third-order valence-corrected chi connectivity index (χ3v) is 3.64. The molecular weight excluding hydrogens is 178 g/mol. The van der Waals surface area contributed by atoms with Crippen LogP contribution >= 0.6 is 0 Å². The Morgan fingerprint density at radius 3 is 2.64 bits per heavy atom. The fourth-order valence-electron chi connectivity index (χ4n) is 2.56. The van der Waals surface area contributed by atoms with Crippen LogP contribution in [-0.2, 0) is 4.79 Å². The smallest absolute Gasteiger partial charge is 0.303 e. The van der Waals surface area contributed by atoms with Gasteiger partial charge in [-0.05, 0) is 43.1 Å². The van der Waals surface area contributed by atoms with Crippen LogP contribution in [0.3, 0.4) is 0 Å². The van der Waals surface area contributed by atoms with Gasteiger partial charge in [-0.2, -0.15) is 0 Å². The van der Waals surface area contributed by atoms with Crippen molar-refractivity contribution in [1.29, 1.82) is 0 Å². The first-order valence-corrected chi connectivity index (χ1v) is 5.41. The summed E-state index contributed by atoms with van der Waals surface area (Å²) in [5.74, 6) is 0.606. The summed E-state index contributed by atoms with van der Waals surface area (Å²) in [5, 5.41) is 8.84. The van der Waals surface area contributed by atoms with E-state index in [-0.39, 0.29) is 11.8 Å². The highest BCUT2D eigenvalue weighted by molar-refractivity contribution is 5.67. The predicted octanol–water partition coefficient (Wildman–Crippen LogP) is 1.86. The molecule has 0 saturated heterocycles. The zero-order valence-corrected chi connectivity index (χ0v) is 9.12. The molecule has 0 bridgehead atoms. The van der Waals surface area contributed by atoms with Crippen LogP contribution in [0.15, 0.2) is 0 Å². The Kier molecular flexibility index (Phi) is 3.53. The highest BCUT2D eigenvalue weighted by atomic mass is 16.4. The summed E-state index contributed by atoms with van der Waals surface area (Å²) in [6.45, 7) is 4.93. The fraction of sp³-hybridized carbons (Fsp3) is 0.909. The van der Waals surface area contributed by atoms with E-state index in [1.165, 1.54) is 0 Å². The van der Waals surface area contributed by atoms with Gasteiger partial charge in [0.15, 0.2) is 0 Å². The number of carbonyl (C=O) groups is 1. The van der Waals surface area contributed by atoms with Crippen LogP contribution < -0.4 is 5.73 Å². The van der Waals surface area contributed by atoms with E-state index in [0.29, 0.717) is 18.4 Å². The second-order valence-electron chi connectivity index (χ2n) is 5.02. The molecule has 2 atom stereocenters. The Hall–Kier alpha value is -0.570. The van der Waals surface area contributed by atoms with Crippen LogP contribution in [0.4, 0.5) is 0 Å². The van der Waals surface area contributed by atoms with Gasteiger partial charge in [0.25, 0.3) is 0 Å². The molecular formula is C11H21NO2. The maximum Gasteiger partial charge on any atom is 0.303 e. The van der Waals surface area contributed by atoms with Crippen LogP contribution in [0.25, 0.3) is 0 Å². The minimum atomic E-state index is -0.708. The van der Waals surface area contributed by atoms with Gasteiger partial charge in [0, 0.05) is 0 Å². The Bertz CT molecular complexity index is 215. The van der Waals surface area contributed by atoms with E-state index in [4.69, 9.17) is 10.8 Å². The van der Waals surface area contributed by atoms with Gasteiger partial charge in [-0.15, -0.1) is 0 Å². The van der Waals surface area contributed by atoms with Crippen molar-refractivity contribution in [2.24, 2.45) is 23.0 Å². The zero-order chi connectivity index (χ0) is 10.8. The molecule has 1 aliphatic carbocycles. The van der Waals surface area contributed by atoms with E-state index in [1.54, 1.807) is 0 Å². The number of carboxylic acids is 1. The quantitative estimate of drug-likeness (QED) is 0.726. The molecule has 0 aromatic carbocycles. The van der Waals surface area contributed by atoms with Crippen LogP contribution in [0.1, 0.15) is 39.5 Å². The van der Waals surface area contributed by atoms with Gasteiger partial charge in [-0.25, -0.2) is 0 Å². The summed E-state index contributed by atoms with van der Waals surface area (Å²) in [6, 6.07) is 0. The van der Waals surface area contributed by atoms with E-state index in [9.17, 15) is 4.79 Å². The highest BCUT2D eigenvalue weighted by Gasteiger charge is 2.40. The molecule has 0 aromatic rings. The number of carboxylic acid groups (broad SMARTS) is 1. The Morgan fingerprint density at radius 2 is 2.29 bits per heavy atom. The van der Waals surface area contributed by atoms with E-state index in [2.05, 4.69) is 13.8 Å². The Labute approximate surface area is 85.7 Å². The summed E-state index contributed by atoms with van der Waals surface area (Å²) >= 11 is 0. The molecule has 0 spiro atoms. The van der Waals surface area contributed by atoms with Crippen molar-refractivity contribution in [2.75, 3.05) is 6.54 Å². The van der Waals surface area contributed by atoms with Gasteiger partial charge >= 0.3 is 5.97 Å². The van der Waals surface area contributed by atoms with Crippen molar-refractivity contribution >= 4 is 5.97 Å². The van der Waals surface area contributed by atoms with E-state index >= 15 is 0 Å². The van der Waals surface area contributed by atoms with Gasteiger partial charge < -0.3 is 10.8 Å². The lowest BCUT2D eigenvalue weighted by Gasteiger charge is -2.26. The van der Waals surface area contributed by atoms with Crippen LogP contribution in [-0.4, -0.2) is 17.6 Å². The molecule has 0 aliphatic heterocycles. The molecule has 1 aliphatic rings. The first-order chi connectivity index (χ1) is 6.49. The molecule has 14 heavy (non-hydrogen) atoms. The average molecular weight is 199 g/mol. The molecule has 0 aromatic heterocycles. The van der Waals surface area contributed by atoms with Crippen molar-refractivity contribution in [3.05, 3.63) is 0 Å². The van der Waals surface area contributed by atoms with Crippen molar-refractivity contribution in [1.82, 2.24) is 0 Å². The first-order valence-electron chi connectivity index (χ1n) is 5.41. The molecule has 3 nitrogen and oxygen atoms in total. The predicted molar refractivity (Wildman–Crippen MR) is 55.9 cm³/mol. The standard InChI is InChI=1S/C11H21NO2/c1-8(2)9-3-4-11(5-9,7-12)6-10(13)14/h8-9H,3-7,12H2,1-2H3,(H,13,14)/t9?,11-/m0/s1. The molecule has 3 heteroatoms. The monoisotopic (exact) mass is 199 g/mol. The molecule has 1 saturated carbocycles. The van der Waals surface area contributed by atoms with Crippen molar-refractivity contribution in [3.8, 4) is 0 Å². The van der Waals surface area contributed by atoms with Crippen molar-refractivity contribution in [2.45, 2.75) is 39.5 Å². The van der Waals surface area contributed by atoms with Crippen molar-refractivity contribution < 1.29 is 9.90 Å². The highest BCUT2D eigenvalue weighted by Crippen LogP contribution is 2.46. The lowest BCUT2D eigenvalue weighted by Crippen LogP contribution is -2.30. The fourth-order valence-corrected chi connectivity index (χ4v) is 2.56. The molecule has 3 N–H and O–H groups in total. The topological polar surface area (TPSA) is 63.3 Å². The lowest BCUT2D eigenvalue weighted by atomic mass is 9.80. The van der Waals surface area contributed by atoms with Crippen molar-refractivity contribution in [3.63, 3.8) is 0 Å². The Balaban J connectivity index is 2.61. The van der Waals surface area contributed by atoms with Crippen LogP contribution in [0.5, 0.6) is 0 Å². The third kappa shape index (κ3) is 2.47. The average Bonchev–Trinajstić information content (AvgIpc) is 2.49. The maximum absolute atomic E-state index is 10.7. The molecule has 0 radical (unpaired) electrons. The van der Waals surface area contributed by atoms with Gasteiger partial charge in [-0.1, -0.05) is 13.8 Å². The number of hydrogen-bond acceptors (Lipinski definition) is 2. The molecule has 1 fully saturated rings. The first kappa shape index (κ1) is 11.5. The molecule has 1 unspecified atom stereocenters. The zero-order valence-electron chi connectivity index (χ0n) is 9.12. The molecule has 0 heterocycles. The summed E-state index contributed by atoms with van der Waals surface area (Å²) in [5.41, 5.74) is 5.61. The van der Waals surface area contributed by atoms with Crippen LogP contribution in [0.2, 0.25) is 0 Å². The third-order valence-electron chi connectivity index (χ3n) is 3.64. The molecule has 0 amide bonds. The second kappa shape index (κ2) is 4.30. The van der Waals surface area contributed by atoms with E-state index in [0.717, 1.165) is 19.3 Å². The second-order valence-corrected chi connectivity index (χ2v) is 5.02. The van der Waals surface area contributed by atoms with Gasteiger partial charge in [-0.3, -0.25) is 4.79 Å². The van der Waals surface area contributed by atoms with Gasteiger partial charge in [0.2, 0.25) is 0 Å². The molecule has 1 rings (SSSR count). The number of rotatable bonds is 4. The normalized spacial score (nSPS) is 32.4. The van der Waals surface area contributed by atoms with Crippen LogP contribution in [0, 0.1) is 17.3 Å². The van der Waals surface area contributed by atoms with E-state index < -0.39 is 5.97 Å². The number of aliphatic carboxylic acids is 1. The van der Waals surface area contributed by atoms with Gasteiger partial charge in [0.1, 0.15) is 0 Å². The summed E-state index contributed by atoms with van der Waals surface area (Å²) in [6.07, 6.45) is 3.36.